The molecule has 0 atom stereocenters. The van der Waals surface area contributed by atoms with Crippen molar-refractivity contribution in [2.75, 3.05) is 6.54 Å². The van der Waals surface area contributed by atoms with Crippen LogP contribution in [-0.4, -0.2) is 17.3 Å². The molecule has 0 radical (unpaired) electrons. The number of ketones is 1. The van der Waals surface area contributed by atoms with Crippen LogP contribution in [-0.2, 0) is 11.2 Å². The summed E-state index contributed by atoms with van der Waals surface area (Å²) in [6.45, 7) is 0.0542. The molecule has 3 nitrogen and oxygen atoms in total. The highest BCUT2D eigenvalue weighted by molar-refractivity contribution is 6.31. The third-order valence-electron chi connectivity index (χ3n) is 1.47. The highest BCUT2D eigenvalue weighted by atomic mass is 35.5. The molecule has 0 spiro atoms. The first-order valence-electron chi connectivity index (χ1n) is 3.54. The molecule has 0 aromatic carbocycles. The van der Waals surface area contributed by atoms with E-state index in [4.69, 9.17) is 17.3 Å². The van der Waals surface area contributed by atoms with E-state index in [2.05, 4.69) is 4.98 Å². The number of aromatic nitrogens is 1. The molecule has 0 bridgehead atoms. The number of carbonyl (C=O) groups excluding carboxylic acids is 1. The van der Waals surface area contributed by atoms with Crippen LogP contribution >= 0.6 is 11.6 Å². The molecule has 1 heterocycles. The van der Waals surface area contributed by atoms with Crippen molar-refractivity contribution in [3.63, 3.8) is 0 Å². The molecule has 0 amide bonds. The summed E-state index contributed by atoms with van der Waals surface area (Å²) in [5, 5.41) is 0.513. The van der Waals surface area contributed by atoms with Crippen molar-refractivity contribution in [2.45, 2.75) is 6.42 Å². The van der Waals surface area contributed by atoms with Gasteiger partial charge in [0.2, 0.25) is 0 Å². The second-order valence-electron chi connectivity index (χ2n) is 2.39. The first kappa shape index (κ1) is 9.16. The van der Waals surface area contributed by atoms with E-state index in [1.165, 1.54) is 6.20 Å². The standard InChI is InChI=1S/C8H9ClN2O/c9-8-5-11-2-1-6(8)3-7(12)4-10/h1-2,5H,3-4,10H2. The molecule has 1 rings (SSSR count). The van der Waals surface area contributed by atoms with Crippen LogP contribution in [0.15, 0.2) is 18.5 Å². The van der Waals surface area contributed by atoms with Crippen LogP contribution in [0.4, 0.5) is 0 Å². The Balaban J connectivity index is 2.75. The monoisotopic (exact) mass is 184 g/mol. The van der Waals surface area contributed by atoms with Gasteiger partial charge in [-0.2, -0.15) is 0 Å². The second kappa shape index (κ2) is 4.18. The highest BCUT2D eigenvalue weighted by Crippen LogP contribution is 2.13. The molecule has 12 heavy (non-hydrogen) atoms. The van der Waals surface area contributed by atoms with Gasteiger partial charge in [-0.1, -0.05) is 11.6 Å². The van der Waals surface area contributed by atoms with Crippen molar-refractivity contribution < 1.29 is 4.79 Å². The maximum absolute atomic E-state index is 10.9. The molecule has 0 unspecified atom stereocenters. The van der Waals surface area contributed by atoms with Gasteiger partial charge in [-0.15, -0.1) is 0 Å². The molecule has 0 aliphatic heterocycles. The SMILES string of the molecule is NCC(=O)Cc1ccncc1Cl. The lowest BCUT2D eigenvalue weighted by molar-refractivity contribution is -0.117. The second-order valence-corrected chi connectivity index (χ2v) is 2.79. The van der Waals surface area contributed by atoms with Gasteiger partial charge in [-0.05, 0) is 11.6 Å². The van der Waals surface area contributed by atoms with Crippen molar-refractivity contribution in [1.82, 2.24) is 4.98 Å². The van der Waals surface area contributed by atoms with Crippen LogP contribution in [0.25, 0.3) is 0 Å². The molecule has 1 aromatic heterocycles. The third-order valence-corrected chi connectivity index (χ3v) is 1.81. The zero-order valence-corrected chi connectivity index (χ0v) is 7.21. The predicted octanol–water partition coefficient (Wildman–Crippen LogP) is 0.805. The Morgan fingerprint density at radius 1 is 1.67 bits per heavy atom. The molecular weight excluding hydrogens is 176 g/mol. The lowest BCUT2D eigenvalue weighted by Gasteiger charge is -1.99. The number of rotatable bonds is 3. The normalized spacial score (nSPS) is 9.83. The fraction of sp³-hybridized carbons (Fsp3) is 0.250. The van der Waals surface area contributed by atoms with E-state index in [9.17, 15) is 4.79 Å². The number of Topliss-reactive ketones (excluding diaryl/α,β-unsaturated/α-hetero) is 1. The van der Waals surface area contributed by atoms with Gasteiger partial charge in [0.15, 0.2) is 5.78 Å². The van der Waals surface area contributed by atoms with Crippen LogP contribution in [0.3, 0.4) is 0 Å². The number of nitrogens with zero attached hydrogens (tertiary/aromatic N) is 1. The van der Waals surface area contributed by atoms with E-state index >= 15 is 0 Å². The molecule has 0 saturated carbocycles. The number of halogens is 1. The zero-order chi connectivity index (χ0) is 8.97. The molecule has 64 valence electrons. The summed E-state index contributed by atoms with van der Waals surface area (Å²) in [6, 6.07) is 1.72. The third kappa shape index (κ3) is 2.29. The van der Waals surface area contributed by atoms with E-state index in [1.54, 1.807) is 12.3 Å². The molecule has 0 fully saturated rings. The Morgan fingerprint density at radius 2 is 2.42 bits per heavy atom. The minimum atomic E-state index is -0.0249. The molecule has 2 N–H and O–H groups in total. The van der Waals surface area contributed by atoms with Crippen LogP contribution in [0, 0.1) is 0 Å². The summed E-state index contributed by atoms with van der Waals surface area (Å²) in [6.07, 6.45) is 3.41. The van der Waals surface area contributed by atoms with Crippen LogP contribution in [0.2, 0.25) is 5.02 Å². The van der Waals surface area contributed by atoms with Crippen molar-refractivity contribution in [2.24, 2.45) is 5.73 Å². The lowest BCUT2D eigenvalue weighted by atomic mass is 10.1. The maximum atomic E-state index is 10.9. The Labute approximate surface area is 75.6 Å². The van der Waals surface area contributed by atoms with Crippen LogP contribution < -0.4 is 5.73 Å². The van der Waals surface area contributed by atoms with Crippen LogP contribution in [0.5, 0.6) is 0 Å². The van der Waals surface area contributed by atoms with E-state index in [-0.39, 0.29) is 18.7 Å². The van der Waals surface area contributed by atoms with E-state index < -0.39 is 0 Å². The number of carbonyl (C=O) groups is 1. The van der Waals surface area contributed by atoms with Gasteiger partial charge in [0.05, 0.1) is 11.6 Å². The Kier molecular flexibility index (Phi) is 3.19. The van der Waals surface area contributed by atoms with E-state index in [1.807, 2.05) is 0 Å². The number of hydrogen-bond donors (Lipinski definition) is 1. The van der Waals surface area contributed by atoms with Crippen LogP contribution in [0.1, 0.15) is 5.56 Å². The molecule has 0 aliphatic carbocycles. The van der Waals surface area contributed by atoms with Gasteiger partial charge in [0.1, 0.15) is 0 Å². The topological polar surface area (TPSA) is 56.0 Å². The van der Waals surface area contributed by atoms with Crippen molar-refractivity contribution in [1.29, 1.82) is 0 Å². The van der Waals surface area contributed by atoms with E-state index in [0.29, 0.717) is 5.02 Å². The van der Waals surface area contributed by atoms with Gasteiger partial charge >= 0.3 is 0 Å². The largest absolute Gasteiger partial charge is 0.324 e. The average molecular weight is 185 g/mol. The maximum Gasteiger partial charge on any atom is 0.150 e. The molecule has 0 saturated heterocycles. The number of hydrogen-bond acceptors (Lipinski definition) is 3. The van der Waals surface area contributed by atoms with E-state index in [0.717, 1.165) is 5.56 Å². The van der Waals surface area contributed by atoms with Gasteiger partial charge in [-0.25, -0.2) is 0 Å². The first-order chi connectivity index (χ1) is 5.74. The molecule has 4 heteroatoms. The number of pyridine rings is 1. The highest BCUT2D eigenvalue weighted by Gasteiger charge is 2.04. The quantitative estimate of drug-likeness (QED) is 0.756. The van der Waals surface area contributed by atoms with Crippen molar-refractivity contribution in [3.8, 4) is 0 Å². The molecule has 1 aromatic rings. The van der Waals surface area contributed by atoms with Gasteiger partial charge in [-0.3, -0.25) is 9.78 Å². The Hall–Kier alpha value is -0.930. The van der Waals surface area contributed by atoms with Gasteiger partial charge in [0.25, 0.3) is 0 Å². The summed E-state index contributed by atoms with van der Waals surface area (Å²) in [4.78, 5) is 14.7. The van der Waals surface area contributed by atoms with Crippen molar-refractivity contribution >= 4 is 17.4 Å². The Bertz CT molecular complexity index is 288. The Morgan fingerprint density at radius 3 is 3.00 bits per heavy atom. The van der Waals surface area contributed by atoms with Gasteiger partial charge < -0.3 is 5.73 Å². The summed E-state index contributed by atoms with van der Waals surface area (Å²) in [5.41, 5.74) is 5.94. The summed E-state index contributed by atoms with van der Waals surface area (Å²) >= 11 is 5.77. The predicted molar refractivity (Wildman–Crippen MR) is 47.0 cm³/mol. The fourth-order valence-electron chi connectivity index (χ4n) is 0.832. The number of nitrogens with two attached hydrogens (primary N) is 1. The summed E-state index contributed by atoms with van der Waals surface area (Å²) in [5.74, 6) is -0.0249. The summed E-state index contributed by atoms with van der Waals surface area (Å²) in [7, 11) is 0. The summed E-state index contributed by atoms with van der Waals surface area (Å²) < 4.78 is 0. The average Bonchev–Trinajstić information content (AvgIpc) is 2.09. The minimum absolute atomic E-state index is 0.0249. The molecule has 0 aliphatic rings. The molecular formula is C8H9ClN2O. The van der Waals surface area contributed by atoms with Crippen molar-refractivity contribution in [3.05, 3.63) is 29.0 Å². The minimum Gasteiger partial charge on any atom is -0.324 e. The fourth-order valence-corrected chi connectivity index (χ4v) is 1.02. The smallest absolute Gasteiger partial charge is 0.150 e. The lowest BCUT2D eigenvalue weighted by Crippen LogP contribution is -2.15. The first-order valence-corrected chi connectivity index (χ1v) is 3.92. The van der Waals surface area contributed by atoms with Gasteiger partial charge in [0, 0.05) is 18.8 Å². The zero-order valence-electron chi connectivity index (χ0n) is 6.46.